The van der Waals surface area contributed by atoms with Crippen molar-refractivity contribution in [3.63, 3.8) is 0 Å². The van der Waals surface area contributed by atoms with Crippen LogP contribution in [0.4, 0.5) is 5.69 Å². The summed E-state index contributed by atoms with van der Waals surface area (Å²) in [5.74, 6) is -2.25. The number of carbonyl (C=O) groups is 3. The summed E-state index contributed by atoms with van der Waals surface area (Å²) in [6, 6.07) is 4.53. The van der Waals surface area contributed by atoms with Gasteiger partial charge in [-0.05, 0) is 44.7 Å². The molecule has 0 radical (unpaired) electrons. The number of hydrogen-bond acceptors (Lipinski definition) is 5. The molecule has 9 heteroatoms. The summed E-state index contributed by atoms with van der Waals surface area (Å²) in [6.45, 7) is 7.37. The molecule has 5 atom stereocenters. The second-order valence-electron chi connectivity index (χ2n) is 10.9. The second-order valence-corrected chi connectivity index (χ2v) is 11.3. The number of fused-ring (bicyclic) bond motifs is 2. The van der Waals surface area contributed by atoms with Crippen molar-refractivity contribution in [1.82, 2.24) is 9.80 Å². The van der Waals surface area contributed by atoms with Crippen LogP contribution < -0.4 is 4.90 Å². The third-order valence-corrected chi connectivity index (χ3v) is 8.70. The lowest BCUT2D eigenvalue weighted by Crippen LogP contribution is -2.56. The standard InChI is InChI=1S/C29H36ClN3O5/c1-4-14-31-15-8-12-28(3)21(25(31)35)22-26(36)33(16-5-6-18-34)24-27(37)32(17-9-13-29(22,24)38-28)23-19(2)10-7-11-20(23)30/h7-13,21-22,24,34H,4-6,14-18H2,1-3H3/t21-,22+,24?,28+,29+/m1/s1. The van der Waals surface area contributed by atoms with Gasteiger partial charge in [0.05, 0.1) is 28.1 Å². The monoisotopic (exact) mass is 541 g/mol. The maximum Gasteiger partial charge on any atom is 0.253 e. The molecule has 204 valence electrons. The van der Waals surface area contributed by atoms with E-state index in [1.54, 1.807) is 20.8 Å². The second kappa shape index (κ2) is 10.1. The number of carbonyl (C=O) groups excluding carboxylic acids is 3. The summed E-state index contributed by atoms with van der Waals surface area (Å²) >= 11 is 6.59. The smallest absolute Gasteiger partial charge is 0.253 e. The maximum absolute atomic E-state index is 14.5. The Labute approximate surface area is 228 Å². The summed E-state index contributed by atoms with van der Waals surface area (Å²) in [6.07, 6.45) is 9.38. The molecule has 1 aromatic rings. The number of benzene rings is 1. The van der Waals surface area contributed by atoms with E-state index in [0.717, 1.165) is 12.0 Å². The van der Waals surface area contributed by atoms with Crippen molar-refractivity contribution >= 4 is 35.0 Å². The molecular formula is C29H36ClN3O5. The van der Waals surface area contributed by atoms with E-state index in [9.17, 15) is 19.5 Å². The molecule has 4 aliphatic heterocycles. The topological polar surface area (TPSA) is 90.4 Å². The first-order valence-electron chi connectivity index (χ1n) is 13.5. The van der Waals surface area contributed by atoms with Crippen molar-refractivity contribution in [2.45, 2.75) is 57.3 Å². The number of rotatable bonds is 7. The first-order chi connectivity index (χ1) is 18.2. The number of anilines is 1. The minimum absolute atomic E-state index is 0.00743. The Kier molecular flexibility index (Phi) is 7.18. The first-order valence-corrected chi connectivity index (χ1v) is 13.9. The van der Waals surface area contributed by atoms with Crippen molar-refractivity contribution in [3.05, 3.63) is 53.1 Å². The van der Waals surface area contributed by atoms with E-state index in [2.05, 4.69) is 0 Å². The fraction of sp³-hybridized carbons (Fsp3) is 0.552. The Hall–Kier alpha value is -2.68. The highest BCUT2D eigenvalue weighted by molar-refractivity contribution is 6.34. The maximum atomic E-state index is 14.5. The Morgan fingerprint density at radius 3 is 2.50 bits per heavy atom. The highest BCUT2D eigenvalue weighted by Gasteiger charge is 2.74. The van der Waals surface area contributed by atoms with Crippen LogP contribution in [0.5, 0.6) is 0 Å². The van der Waals surface area contributed by atoms with Gasteiger partial charge in [0.1, 0.15) is 11.6 Å². The van der Waals surface area contributed by atoms with Crippen molar-refractivity contribution in [3.8, 4) is 0 Å². The van der Waals surface area contributed by atoms with Crippen LogP contribution in [0.2, 0.25) is 5.02 Å². The van der Waals surface area contributed by atoms with E-state index in [0.29, 0.717) is 36.6 Å². The van der Waals surface area contributed by atoms with Gasteiger partial charge in [0.25, 0.3) is 5.91 Å². The van der Waals surface area contributed by atoms with E-state index in [1.165, 1.54) is 0 Å². The first kappa shape index (κ1) is 26.9. The number of para-hydroxylation sites is 1. The molecule has 5 rings (SSSR count). The third-order valence-electron chi connectivity index (χ3n) is 8.40. The van der Waals surface area contributed by atoms with Crippen LogP contribution >= 0.6 is 11.6 Å². The van der Waals surface area contributed by atoms with Gasteiger partial charge in [0.15, 0.2) is 0 Å². The molecule has 1 N–H and O–H groups in total. The Morgan fingerprint density at radius 2 is 1.79 bits per heavy atom. The molecule has 1 unspecified atom stereocenters. The van der Waals surface area contributed by atoms with Crippen LogP contribution in [0, 0.1) is 18.8 Å². The number of likely N-dealkylation sites (tertiary alicyclic amines) is 1. The number of halogens is 1. The Balaban J connectivity index is 1.64. The minimum Gasteiger partial charge on any atom is -0.396 e. The van der Waals surface area contributed by atoms with E-state index < -0.39 is 29.1 Å². The molecule has 0 aromatic heterocycles. The zero-order chi connectivity index (χ0) is 27.2. The summed E-state index contributed by atoms with van der Waals surface area (Å²) in [5.41, 5.74) is -0.877. The summed E-state index contributed by atoms with van der Waals surface area (Å²) in [7, 11) is 0. The predicted molar refractivity (Wildman–Crippen MR) is 145 cm³/mol. The van der Waals surface area contributed by atoms with Crippen molar-refractivity contribution in [1.29, 1.82) is 0 Å². The third kappa shape index (κ3) is 4.00. The lowest BCUT2D eigenvalue weighted by atomic mass is 9.74. The predicted octanol–water partition coefficient (Wildman–Crippen LogP) is 3.10. The van der Waals surface area contributed by atoms with E-state index >= 15 is 0 Å². The molecule has 8 nitrogen and oxygen atoms in total. The molecule has 0 aliphatic carbocycles. The molecule has 2 fully saturated rings. The highest BCUT2D eigenvalue weighted by Crippen LogP contribution is 2.57. The zero-order valence-electron chi connectivity index (χ0n) is 22.2. The number of aliphatic hydroxyl groups excluding tert-OH is 1. The van der Waals surface area contributed by atoms with Crippen LogP contribution in [-0.2, 0) is 19.1 Å². The molecular weight excluding hydrogens is 506 g/mol. The highest BCUT2D eigenvalue weighted by atomic mass is 35.5. The Bertz CT molecular complexity index is 1180. The fourth-order valence-electron chi connectivity index (χ4n) is 6.84. The summed E-state index contributed by atoms with van der Waals surface area (Å²) < 4.78 is 6.83. The molecule has 0 saturated carbocycles. The van der Waals surface area contributed by atoms with E-state index in [-0.39, 0.29) is 37.4 Å². The van der Waals surface area contributed by atoms with Gasteiger partial charge in [-0.15, -0.1) is 0 Å². The van der Waals surface area contributed by atoms with Gasteiger partial charge in [-0.3, -0.25) is 14.4 Å². The zero-order valence-corrected chi connectivity index (χ0v) is 23.0. The molecule has 2 saturated heterocycles. The van der Waals surface area contributed by atoms with Crippen molar-refractivity contribution in [2.75, 3.05) is 37.7 Å². The van der Waals surface area contributed by atoms with Crippen molar-refractivity contribution in [2.24, 2.45) is 11.8 Å². The van der Waals surface area contributed by atoms with Gasteiger partial charge >= 0.3 is 0 Å². The van der Waals surface area contributed by atoms with Gasteiger partial charge in [-0.1, -0.05) is 55.0 Å². The molecule has 1 aromatic carbocycles. The van der Waals surface area contributed by atoms with Gasteiger partial charge in [-0.25, -0.2) is 0 Å². The Morgan fingerprint density at radius 1 is 1.03 bits per heavy atom. The molecule has 4 heterocycles. The molecule has 0 bridgehead atoms. The lowest BCUT2D eigenvalue weighted by molar-refractivity contribution is -0.148. The largest absolute Gasteiger partial charge is 0.396 e. The van der Waals surface area contributed by atoms with Crippen LogP contribution in [0.15, 0.2) is 42.5 Å². The van der Waals surface area contributed by atoms with Gasteiger partial charge in [0.2, 0.25) is 11.8 Å². The lowest BCUT2D eigenvalue weighted by Gasteiger charge is -2.37. The SMILES string of the molecule is CCCN1CC=C[C@]2(C)O[C@]34C=CCN(c5c(C)cccc5Cl)C(=O)C3N(CCCCO)C(=O)[C@@H]4[C@@H]2C1=O. The number of nitrogens with zero attached hydrogens (tertiary/aromatic N) is 3. The summed E-state index contributed by atoms with van der Waals surface area (Å²) in [4.78, 5) is 47.7. The van der Waals surface area contributed by atoms with Crippen molar-refractivity contribution < 1.29 is 24.2 Å². The number of ether oxygens (including phenoxy) is 1. The number of aliphatic hydroxyl groups is 1. The van der Waals surface area contributed by atoms with E-state index in [1.807, 2.05) is 57.2 Å². The molecule has 38 heavy (non-hydrogen) atoms. The quantitative estimate of drug-likeness (QED) is 0.423. The van der Waals surface area contributed by atoms with Crippen LogP contribution in [-0.4, -0.2) is 82.7 Å². The van der Waals surface area contributed by atoms with E-state index in [4.69, 9.17) is 16.3 Å². The van der Waals surface area contributed by atoms with Crippen LogP contribution in [0.1, 0.15) is 38.7 Å². The average Bonchev–Trinajstić information content (AvgIpc) is 3.14. The van der Waals surface area contributed by atoms with Gasteiger partial charge in [0, 0.05) is 32.8 Å². The summed E-state index contributed by atoms with van der Waals surface area (Å²) in [5, 5.41) is 9.85. The number of aryl methyl sites for hydroxylation is 1. The molecule has 3 amide bonds. The minimum atomic E-state index is -1.30. The molecule has 1 spiro atoms. The number of amides is 3. The normalized spacial score (nSPS) is 32.4. The average molecular weight is 542 g/mol. The fourth-order valence-corrected chi connectivity index (χ4v) is 7.17. The van der Waals surface area contributed by atoms with Gasteiger partial charge < -0.3 is 24.5 Å². The molecule has 4 aliphatic rings. The number of hydrogen-bond donors (Lipinski definition) is 1. The van der Waals surface area contributed by atoms with Crippen LogP contribution in [0.3, 0.4) is 0 Å². The number of unbranched alkanes of at least 4 members (excludes halogenated alkanes) is 1. The van der Waals surface area contributed by atoms with Gasteiger partial charge in [-0.2, -0.15) is 0 Å². The van der Waals surface area contributed by atoms with Crippen LogP contribution in [0.25, 0.3) is 0 Å².